The van der Waals surface area contributed by atoms with Crippen LogP contribution >= 0.6 is 27.5 Å². The number of para-hydroxylation sites is 1. The largest absolute Gasteiger partial charge is 0.326 e. The van der Waals surface area contributed by atoms with Gasteiger partial charge < -0.3 is 11.1 Å². The molecule has 0 aliphatic heterocycles. The van der Waals surface area contributed by atoms with Crippen LogP contribution in [-0.2, 0) is 6.54 Å². The van der Waals surface area contributed by atoms with E-state index in [0.29, 0.717) is 22.8 Å². The van der Waals surface area contributed by atoms with Crippen LogP contribution in [0.1, 0.15) is 15.9 Å². The van der Waals surface area contributed by atoms with Gasteiger partial charge in [0.2, 0.25) is 0 Å². The van der Waals surface area contributed by atoms with Gasteiger partial charge in [-0.2, -0.15) is 0 Å². The molecule has 0 aliphatic rings. The highest BCUT2D eigenvalue weighted by Crippen LogP contribution is 2.23. The quantitative estimate of drug-likeness (QED) is 0.893. The third kappa shape index (κ3) is 3.35. The Morgan fingerprint density at radius 2 is 2.00 bits per heavy atom. The van der Waals surface area contributed by atoms with Crippen LogP contribution in [0.3, 0.4) is 0 Å². The Morgan fingerprint density at radius 3 is 2.68 bits per heavy atom. The third-order valence-corrected chi connectivity index (χ3v) is 3.47. The molecule has 5 heteroatoms. The van der Waals surface area contributed by atoms with E-state index in [2.05, 4.69) is 21.2 Å². The second kappa shape index (κ2) is 6.19. The number of carbonyl (C=O) groups is 1. The lowest BCUT2D eigenvalue weighted by atomic mass is 10.1. The van der Waals surface area contributed by atoms with Crippen molar-refractivity contribution in [2.45, 2.75) is 6.54 Å². The van der Waals surface area contributed by atoms with Gasteiger partial charge in [0.05, 0.1) is 10.6 Å². The van der Waals surface area contributed by atoms with Gasteiger partial charge in [0.25, 0.3) is 5.91 Å². The van der Waals surface area contributed by atoms with Crippen molar-refractivity contribution in [3.05, 3.63) is 63.1 Å². The molecule has 0 spiro atoms. The summed E-state index contributed by atoms with van der Waals surface area (Å²) in [5, 5.41) is 3.22. The predicted molar refractivity (Wildman–Crippen MR) is 81.4 cm³/mol. The second-order valence-electron chi connectivity index (χ2n) is 3.94. The van der Waals surface area contributed by atoms with Crippen molar-refractivity contribution in [2.24, 2.45) is 5.73 Å². The van der Waals surface area contributed by atoms with Crippen molar-refractivity contribution >= 4 is 39.1 Å². The SMILES string of the molecule is NCc1ccccc1NC(=O)c1ccc(Br)cc1Cl. The molecule has 0 saturated carbocycles. The van der Waals surface area contributed by atoms with Crippen LogP contribution in [0.15, 0.2) is 46.9 Å². The number of nitrogens with two attached hydrogens (primary N) is 1. The van der Waals surface area contributed by atoms with E-state index in [4.69, 9.17) is 17.3 Å². The highest BCUT2D eigenvalue weighted by atomic mass is 79.9. The van der Waals surface area contributed by atoms with Gasteiger partial charge in [-0.15, -0.1) is 0 Å². The summed E-state index contributed by atoms with van der Waals surface area (Å²) in [5.41, 5.74) is 7.64. The summed E-state index contributed by atoms with van der Waals surface area (Å²) >= 11 is 9.35. The summed E-state index contributed by atoms with van der Waals surface area (Å²) < 4.78 is 0.830. The Hall–Kier alpha value is -1.36. The zero-order valence-corrected chi connectivity index (χ0v) is 12.3. The molecular formula is C14H12BrClN2O. The number of hydrogen-bond acceptors (Lipinski definition) is 2. The van der Waals surface area contributed by atoms with E-state index in [1.165, 1.54) is 0 Å². The molecule has 98 valence electrons. The fourth-order valence-corrected chi connectivity index (χ4v) is 2.44. The first-order chi connectivity index (χ1) is 9.11. The smallest absolute Gasteiger partial charge is 0.257 e. The molecule has 0 aromatic heterocycles. The number of nitrogens with one attached hydrogen (secondary N) is 1. The Bertz CT molecular complexity index is 616. The van der Waals surface area contributed by atoms with E-state index < -0.39 is 0 Å². The van der Waals surface area contributed by atoms with Gasteiger partial charge in [0.1, 0.15) is 0 Å². The first-order valence-electron chi connectivity index (χ1n) is 5.66. The van der Waals surface area contributed by atoms with Gasteiger partial charge in [-0.3, -0.25) is 4.79 Å². The Labute approximate surface area is 124 Å². The zero-order chi connectivity index (χ0) is 13.8. The van der Waals surface area contributed by atoms with Crippen LogP contribution < -0.4 is 11.1 Å². The highest BCUT2D eigenvalue weighted by molar-refractivity contribution is 9.10. The van der Waals surface area contributed by atoms with Gasteiger partial charge in [0, 0.05) is 16.7 Å². The van der Waals surface area contributed by atoms with Gasteiger partial charge in [-0.05, 0) is 29.8 Å². The molecule has 3 nitrogen and oxygen atoms in total. The first-order valence-corrected chi connectivity index (χ1v) is 6.83. The van der Waals surface area contributed by atoms with E-state index in [9.17, 15) is 4.79 Å². The zero-order valence-electron chi connectivity index (χ0n) is 9.99. The fraction of sp³-hybridized carbons (Fsp3) is 0.0714. The van der Waals surface area contributed by atoms with Crippen molar-refractivity contribution in [3.8, 4) is 0 Å². The molecule has 0 fully saturated rings. The van der Waals surface area contributed by atoms with E-state index in [-0.39, 0.29) is 5.91 Å². The maximum Gasteiger partial charge on any atom is 0.257 e. The van der Waals surface area contributed by atoms with Gasteiger partial charge in [-0.25, -0.2) is 0 Å². The number of rotatable bonds is 3. The molecular weight excluding hydrogens is 328 g/mol. The molecule has 19 heavy (non-hydrogen) atoms. The van der Waals surface area contributed by atoms with Crippen molar-refractivity contribution in [1.29, 1.82) is 0 Å². The first kappa shape index (κ1) is 14.1. The molecule has 0 saturated heterocycles. The van der Waals surface area contributed by atoms with Crippen LogP contribution in [0.5, 0.6) is 0 Å². The summed E-state index contributed by atoms with van der Waals surface area (Å²) in [7, 11) is 0. The summed E-state index contributed by atoms with van der Waals surface area (Å²) in [5.74, 6) is -0.251. The average molecular weight is 340 g/mol. The molecule has 0 bridgehead atoms. The van der Waals surface area contributed by atoms with Crippen LogP contribution in [0.4, 0.5) is 5.69 Å². The third-order valence-electron chi connectivity index (χ3n) is 2.66. The minimum atomic E-state index is -0.251. The van der Waals surface area contributed by atoms with E-state index in [1.54, 1.807) is 18.2 Å². The molecule has 2 aromatic rings. The molecule has 2 aromatic carbocycles. The summed E-state index contributed by atoms with van der Waals surface area (Å²) in [4.78, 5) is 12.2. The second-order valence-corrected chi connectivity index (χ2v) is 5.26. The van der Waals surface area contributed by atoms with E-state index in [1.807, 2.05) is 24.3 Å². The van der Waals surface area contributed by atoms with E-state index in [0.717, 1.165) is 10.0 Å². The van der Waals surface area contributed by atoms with Crippen LogP contribution in [-0.4, -0.2) is 5.91 Å². The number of benzene rings is 2. The number of amides is 1. The molecule has 3 N–H and O–H groups in total. The van der Waals surface area contributed by atoms with Crippen LogP contribution in [0.25, 0.3) is 0 Å². The van der Waals surface area contributed by atoms with Gasteiger partial charge in [0.15, 0.2) is 0 Å². The molecule has 0 unspecified atom stereocenters. The molecule has 0 radical (unpaired) electrons. The van der Waals surface area contributed by atoms with Crippen molar-refractivity contribution in [2.75, 3.05) is 5.32 Å². The number of hydrogen-bond donors (Lipinski definition) is 2. The summed E-state index contributed by atoms with van der Waals surface area (Å²) in [6.45, 7) is 0.366. The summed E-state index contributed by atoms with van der Waals surface area (Å²) in [6.07, 6.45) is 0. The number of halogens is 2. The Kier molecular flexibility index (Phi) is 4.58. The lowest BCUT2D eigenvalue weighted by molar-refractivity contribution is 0.102. The topological polar surface area (TPSA) is 55.1 Å². The van der Waals surface area contributed by atoms with Crippen LogP contribution in [0, 0.1) is 0 Å². The van der Waals surface area contributed by atoms with E-state index >= 15 is 0 Å². The Balaban J connectivity index is 2.26. The molecule has 0 heterocycles. The highest BCUT2D eigenvalue weighted by Gasteiger charge is 2.12. The van der Waals surface area contributed by atoms with Gasteiger partial charge >= 0.3 is 0 Å². The lowest BCUT2D eigenvalue weighted by Crippen LogP contribution is -2.14. The summed E-state index contributed by atoms with van der Waals surface area (Å²) in [6, 6.07) is 12.5. The number of anilines is 1. The molecule has 1 amide bonds. The maximum absolute atomic E-state index is 12.2. The van der Waals surface area contributed by atoms with Crippen molar-refractivity contribution < 1.29 is 4.79 Å². The number of carbonyl (C=O) groups excluding carboxylic acids is 1. The predicted octanol–water partition coefficient (Wildman–Crippen LogP) is 3.81. The van der Waals surface area contributed by atoms with Gasteiger partial charge in [-0.1, -0.05) is 45.7 Å². The maximum atomic E-state index is 12.2. The molecule has 0 aliphatic carbocycles. The average Bonchev–Trinajstić information content (AvgIpc) is 2.39. The lowest BCUT2D eigenvalue weighted by Gasteiger charge is -2.10. The Morgan fingerprint density at radius 1 is 1.26 bits per heavy atom. The minimum absolute atomic E-state index is 0.251. The normalized spacial score (nSPS) is 10.3. The molecule has 0 atom stereocenters. The van der Waals surface area contributed by atoms with Crippen molar-refractivity contribution in [1.82, 2.24) is 0 Å². The standard InChI is InChI=1S/C14H12BrClN2O/c15-10-5-6-11(12(16)7-10)14(19)18-13-4-2-1-3-9(13)8-17/h1-7H,8,17H2,(H,18,19). The molecule has 2 rings (SSSR count). The minimum Gasteiger partial charge on any atom is -0.326 e. The van der Waals surface area contributed by atoms with Crippen LogP contribution in [0.2, 0.25) is 5.02 Å². The fourth-order valence-electron chi connectivity index (χ4n) is 1.68. The van der Waals surface area contributed by atoms with Crippen molar-refractivity contribution in [3.63, 3.8) is 0 Å². The monoisotopic (exact) mass is 338 g/mol.